The molecule has 25 heavy (non-hydrogen) atoms. The van der Waals surface area contributed by atoms with E-state index in [0.29, 0.717) is 23.8 Å². The van der Waals surface area contributed by atoms with Crippen molar-refractivity contribution in [2.24, 2.45) is 17.8 Å². The van der Waals surface area contributed by atoms with Gasteiger partial charge in [0.2, 0.25) is 0 Å². The average molecular weight is 349 g/mol. The third kappa shape index (κ3) is 4.75. The summed E-state index contributed by atoms with van der Waals surface area (Å²) in [5.74, 6) is 2.84. The van der Waals surface area contributed by atoms with Crippen molar-refractivity contribution in [1.29, 1.82) is 0 Å². The lowest BCUT2D eigenvalue weighted by Gasteiger charge is -2.38. The fraction of sp³-hybridized carbons (Fsp3) is 0.727. The van der Waals surface area contributed by atoms with Crippen molar-refractivity contribution in [1.82, 2.24) is 0 Å². The van der Waals surface area contributed by atoms with Crippen LogP contribution in [0.3, 0.4) is 0 Å². The van der Waals surface area contributed by atoms with Crippen molar-refractivity contribution in [2.45, 2.75) is 71.3 Å². The zero-order chi connectivity index (χ0) is 17.6. The van der Waals surface area contributed by atoms with Crippen LogP contribution in [-0.2, 0) is 4.74 Å². The normalized spacial score (nSPS) is 30.2. The van der Waals surface area contributed by atoms with Crippen LogP contribution in [0.5, 0.6) is 5.75 Å². The van der Waals surface area contributed by atoms with Crippen LogP contribution in [0.4, 0.5) is 4.39 Å². The summed E-state index contributed by atoms with van der Waals surface area (Å²) in [6.07, 6.45) is 10.2. The van der Waals surface area contributed by atoms with Gasteiger partial charge >= 0.3 is 0 Å². The third-order valence-corrected chi connectivity index (χ3v) is 6.20. The zero-order valence-electron chi connectivity index (χ0n) is 15.8. The summed E-state index contributed by atoms with van der Waals surface area (Å²) in [6.45, 7) is 5.55. The second-order valence-electron chi connectivity index (χ2n) is 7.85. The van der Waals surface area contributed by atoms with Crippen LogP contribution in [0.25, 0.3) is 0 Å². The van der Waals surface area contributed by atoms with Gasteiger partial charge in [-0.25, -0.2) is 4.39 Å². The lowest BCUT2D eigenvalue weighted by Crippen LogP contribution is -2.30. The van der Waals surface area contributed by atoms with E-state index in [9.17, 15) is 4.39 Å². The first-order valence-corrected chi connectivity index (χ1v) is 10.2. The van der Waals surface area contributed by atoms with Crippen LogP contribution in [-0.4, -0.2) is 13.2 Å². The van der Waals surface area contributed by atoms with Gasteiger partial charge < -0.3 is 9.47 Å². The Bertz CT molecular complexity index is 529. The molecule has 2 aliphatic rings. The monoisotopic (exact) mass is 348 g/mol. The van der Waals surface area contributed by atoms with E-state index in [1.807, 2.05) is 19.1 Å². The summed E-state index contributed by atoms with van der Waals surface area (Å²) in [7, 11) is 0. The highest BCUT2D eigenvalue weighted by Gasteiger charge is 2.32. The number of benzene rings is 1. The largest absolute Gasteiger partial charge is 0.494 e. The van der Waals surface area contributed by atoms with Gasteiger partial charge in [-0.3, -0.25) is 0 Å². The SMILES string of the molecule is CCCC1CCC(C2CCC(c3ccc(OCC)cc3F)OC2)CC1. The molecule has 1 aromatic carbocycles. The van der Waals surface area contributed by atoms with E-state index in [1.54, 1.807) is 0 Å². The van der Waals surface area contributed by atoms with E-state index in [4.69, 9.17) is 9.47 Å². The predicted octanol–water partition coefficient (Wildman–Crippen LogP) is 6.30. The molecule has 1 heterocycles. The van der Waals surface area contributed by atoms with E-state index >= 15 is 0 Å². The third-order valence-electron chi connectivity index (χ3n) is 6.20. The number of ether oxygens (including phenoxy) is 2. The molecule has 1 aliphatic carbocycles. The minimum absolute atomic E-state index is 0.0941. The summed E-state index contributed by atoms with van der Waals surface area (Å²) in [5, 5.41) is 0. The molecule has 2 nitrogen and oxygen atoms in total. The molecule has 0 amide bonds. The minimum Gasteiger partial charge on any atom is -0.494 e. The second-order valence-corrected chi connectivity index (χ2v) is 7.85. The van der Waals surface area contributed by atoms with Gasteiger partial charge in [-0.2, -0.15) is 0 Å². The highest BCUT2D eigenvalue weighted by atomic mass is 19.1. The summed E-state index contributed by atoms with van der Waals surface area (Å²) in [5.41, 5.74) is 0.688. The molecule has 0 radical (unpaired) electrons. The maximum Gasteiger partial charge on any atom is 0.132 e. The van der Waals surface area contributed by atoms with E-state index in [1.165, 1.54) is 51.0 Å². The first-order valence-electron chi connectivity index (χ1n) is 10.2. The van der Waals surface area contributed by atoms with Crippen LogP contribution in [0.15, 0.2) is 18.2 Å². The molecule has 2 atom stereocenters. The van der Waals surface area contributed by atoms with E-state index in [0.717, 1.165) is 24.9 Å². The molecule has 140 valence electrons. The maximum atomic E-state index is 14.4. The molecule has 1 aromatic rings. The summed E-state index contributed by atoms with van der Waals surface area (Å²) < 4.78 is 25.8. The Morgan fingerprint density at radius 1 is 1.04 bits per heavy atom. The van der Waals surface area contributed by atoms with Crippen LogP contribution >= 0.6 is 0 Å². The van der Waals surface area contributed by atoms with Crippen molar-refractivity contribution >= 4 is 0 Å². The summed E-state index contributed by atoms with van der Waals surface area (Å²) in [4.78, 5) is 0. The quantitative estimate of drug-likeness (QED) is 0.600. The second kappa shape index (κ2) is 9.02. The minimum atomic E-state index is -0.200. The molecule has 1 aliphatic heterocycles. The Kier molecular flexibility index (Phi) is 6.75. The van der Waals surface area contributed by atoms with Gasteiger partial charge in [0.25, 0.3) is 0 Å². The Labute approximate surface area is 152 Å². The zero-order valence-corrected chi connectivity index (χ0v) is 15.8. The summed E-state index contributed by atoms with van der Waals surface area (Å²) >= 11 is 0. The Hall–Kier alpha value is -1.09. The first-order chi connectivity index (χ1) is 12.2. The van der Waals surface area contributed by atoms with Gasteiger partial charge in [0.15, 0.2) is 0 Å². The summed E-state index contributed by atoms with van der Waals surface area (Å²) in [6, 6.07) is 5.18. The number of rotatable bonds is 6. The molecule has 0 aromatic heterocycles. The topological polar surface area (TPSA) is 18.5 Å². The number of hydrogen-bond acceptors (Lipinski definition) is 2. The van der Waals surface area contributed by atoms with Crippen molar-refractivity contribution in [3.8, 4) is 5.75 Å². The van der Waals surface area contributed by atoms with E-state index in [-0.39, 0.29) is 11.9 Å². The lowest BCUT2D eigenvalue weighted by atomic mass is 9.73. The van der Waals surface area contributed by atoms with Crippen molar-refractivity contribution in [3.63, 3.8) is 0 Å². The van der Waals surface area contributed by atoms with Crippen LogP contribution in [0.2, 0.25) is 0 Å². The highest BCUT2D eigenvalue weighted by Crippen LogP contribution is 2.41. The molecular formula is C22H33FO2. The predicted molar refractivity (Wildman–Crippen MR) is 99.3 cm³/mol. The van der Waals surface area contributed by atoms with Crippen LogP contribution in [0, 0.1) is 23.6 Å². The fourth-order valence-electron chi connectivity index (χ4n) is 4.77. The van der Waals surface area contributed by atoms with Crippen LogP contribution in [0.1, 0.15) is 76.9 Å². The Morgan fingerprint density at radius 2 is 1.80 bits per heavy atom. The molecule has 0 N–H and O–H groups in total. The van der Waals surface area contributed by atoms with Crippen molar-refractivity contribution in [3.05, 3.63) is 29.6 Å². The van der Waals surface area contributed by atoms with Crippen molar-refractivity contribution < 1.29 is 13.9 Å². The van der Waals surface area contributed by atoms with Gasteiger partial charge in [0.05, 0.1) is 19.3 Å². The van der Waals surface area contributed by atoms with Gasteiger partial charge in [0, 0.05) is 11.6 Å². The Morgan fingerprint density at radius 3 is 2.40 bits per heavy atom. The van der Waals surface area contributed by atoms with E-state index in [2.05, 4.69) is 6.92 Å². The van der Waals surface area contributed by atoms with Crippen molar-refractivity contribution in [2.75, 3.05) is 13.2 Å². The molecule has 0 bridgehead atoms. The molecule has 0 spiro atoms. The number of halogens is 1. The molecular weight excluding hydrogens is 315 g/mol. The molecule has 1 saturated heterocycles. The van der Waals surface area contributed by atoms with Gasteiger partial charge in [-0.1, -0.05) is 32.6 Å². The van der Waals surface area contributed by atoms with Gasteiger partial charge in [0.1, 0.15) is 11.6 Å². The fourth-order valence-corrected chi connectivity index (χ4v) is 4.77. The first kappa shape index (κ1) is 18.7. The molecule has 2 unspecified atom stereocenters. The molecule has 2 fully saturated rings. The lowest BCUT2D eigenvalue weighted by molar-refractivity contribution is -0.0418. The molecule has 1 saturated carbocycles. The number of hydrogen-bond donors (Lipinski definition) is 0. The maximum absolute atomic E-state index is 14.4. The van der Waals surface area contributed by atoms with Gasteiger partial charge in [-0.05, 0) is 62.5 Å². The average Bonchev–Trinajstić information content (AvgIpc) is 2.63. The van der Waals surface area contributed by atoms with E-state index < -0.39 is 0 Å². The molecule has 3 rings (SSSR count). The molecule has 3 heteroatoms. The smallest absolute Gasteiger partial charge is 0.132 e. The van der Waals surface area contributed by atoms with Crippen LogP contribution < -0.4 is 4.74 Å². The standard InChI is InChI=1S/C22H33FO2/c1-3-5-16-6-8-17(9-7-16)18-10-13-22(25-15-18)20-12-11-19(24-4-2)14-21(20)23/h11-12,14,16-18,22H,3-10,13,15H2,1-2H3. The Balaban J connectivity index is 1.50. The highest BCUT2D eigenvalue weighted by molar-refractivity contribution is 5.30. The van der Waals surface area contributed by atoms with Gasteiger partial charge in [-0.15, -0.1) is 0 Å².